The first-order valence-corrected chi connectivity index (χ1v) is 9.12. The maximum atomic E-state index is 13.2. The van der Waals surface area contributed by atoms with Crippen molar-refractivity contribution in [3.05, 3.63) is 47.8 Å². The van der Waals surface area contributed by atoms with Crippen molar-refractivity contribution in [3.8, 4) is 0 Å². The van der Waals surface area contributed by atoms with Crippen molar-refractivity contribution >= 4 is 11.8 Å². The number of pyridine rings is 1. The number of aromatic nitrogens is 3. The second-order valence-electron chi connectivity index (χ2n) is 7.20. The van der Waals surface area contributed by atoms with Crippen LogP contribution in [0, 0.1) is 6.92 Å². The molecule has 1 aliphatic carbocycles. The molecule has 8 nitrogen and oxygen atoms in total. The van der Waals surface area contributed by atoms with Crippen LogP contribution < -0.4 is 0 Å². The molecule has 2 aromatic heterocycles. The molecule has 2 aliphatic rings. The molecule has 8 heteroatoms. The zero-order valence-electron chi connectivity index (χ0n) is 15.5. The highest BCUT2D eigenvalue weighted by Gasteiger charge is 2.48. The topological polar surface area (TPSA) is 91.4 Å². The van der Waals surface area contributed by atoms with Crippen molar-refractivity contribution in [2.75, 3.05) is 13.7 Å². The van der Waals surface area contributed by atoms with Gasteiger partial charge in [0.15, 0.2) is 6.10 Å². The molecule has 1 saturated heterocycles. The van der Waals surface area contributed by atoms with Gasteiger partial charge in [0.2, 0.25) is 5.91 Å². The summed E-state index contributed by atoms with van der Waals surface area (Å²) in [6.45, 7) is 2.20. The standard InChI is InChI=1S/C19H23N5O3/c1-12-8-21-15(22-12)10-23(2)19(26)18-17(13-4-3-7-20-9-13)24(14-5-6-14)16(25)11-27-18/h3-4,7-9,14,17-18H,5-6,10-11H2,1-2H3,(H,21,22)/t17-,18+/m1/s1. The van der Waals surface area contributed by atoms with E-state index in [2.05, 4.69) is 15.0 Å². The Bertz CT molecular complexity index is 833. The predicted octanol–water partition coefficient (Wildman–Crippen LogP) is 1.20. The van der Waals surface area contributed by atoms with Crippen molar-refractivity contribution in [1.82, 2.24) is 24.8 Å². The van der Waals surface area contributed by atoms with Crippen LogP contribution in [0.1, 0.15) is 36.0 Å². The summed E-state index contributed by atoms with van der Waals surface area (Å²) in [5, 5.41) is 0. The Kier molecular flexibility index (Phi) is 4.65. The molecule has 0 spiro atoms. The molecular formula is C19H23N5O3. The monoisotopic (exact) mass is 369 g/mol. The average molecular weight is 369 g/mol. The first-order chi connectivity index (χ1) is 13.0. The van der Waals surface area contributed by atoms with Gasteiger partial charge in [-0.2, -0.15) is 0 Å². The van der Waals surface area contributed by atoms with Gasteiger partial charge in [-0.3, -0.25) is 14.6 Å². The van der Waals surface area contributed by atoms with Crippen LogP contribution in [0.3, 0.4) is 0 Å². The van der Waals surface area contributed by atoms with E-state index in [-0.39, 0.29) is 24.5 Å². The second kappa shape index (κ2) is 7.11. The summed E-state index contributed by atoms with van der Waals surface area (Å²) in [6, 6.07) is 3.43. The molecule has 0 bridgehead atoms. The van der Waals surface area contributed by atoms with Gasteiger partial charge in [0, 0.05) is 37.4 Å². The Morgan fingerprint density at radius 3 is 2.85 bits per heavy atom. The minimum absolute atomic E-state index is 0.0697. The SMILES string of the molecule is Cc1cnc(CN(C)C(=O)[C@H]2OCC(=O)N(C3CC3)[C@@H]2c2cccnc2)[nH]1. The van der Waals surface area contributed by atoms with E-state index in [1.165, 1.54) is 0 Å². The fraction of sp³-hybridized carbons (Fsp3) is 0.474. The number of nitrogens with zero attached hydrogens (tertiary/aromatic N) is 4. The Balaban J connectivity index is 1.60. The van der Waals surface area contributed by atoms with Crippen LogP contribution in [0.15, 0.2) is 30.7 Å². The largest absolute Gasteiger partial charge is 0.356 e. The molecule has 0 aromatic carbocycles. The van der Waals surface area contributed by atoms with Gasteiger partial charge in [-0.1, -0.05) is 6.07 Å². The van der Waals surface area contributed by atoms with Crippen LogP contribution in [-0.4, -0.2) is 62.4 Å². The number of aromatic amines is 1. The summed E-state index contributed by atoms with van der Waals surface area (Å²) in [5.74, 6) is 0.475. The van der Waals surface area contributed by atoms with Crippen LogP contribution in [0.25, 0.3) is 0 Å². The van der Waals surface area contributed by atoms with Gasteiger partial charge in [0.1, 0.15) is 12.4 Å². The lowest BCUT2D eigenvalue weighted by molar-refractivity contribution is -0.170. The first kappa shape index (κ1) is 17.7. The number of carbonyl (C=O) groups is 2. The number of aryl methyl sites for hydroxylation is 1. The number of carbonyl (C=O) groups excluding carboxylic acids is 2. The third-order valence-electron chi connectivity index (χ3n) is 4.99. The van der Waals surface area contributed by atoms with Gasteiger partial charge in [-0.25, -0.2) is 4.98 Å². The molecule has 2 atom stereocenters. The lowest BCUT2D eigenvalue weighted by Crippen LogP contribution is -2.55. The van der Waals surface area contributed by atoms with Crippen LogP contribution >= 0.6 is 0 Å². The molecule has 2 fully saturated rings. The smallest absolute Gasteiger partial charge is 0.254 e. The minimum Gasteiger partial charge on any atom is -0.356 e. The summed E-state index contributed by atoms with van der Waals surface area (Å²) in [5.41, 5.74) is 1.76. The zero-order chi connectivity index (χ0) is 19.0. The van der Waals surface area contributed by atoms with Crippen LogP contribution in [0.5, 0.6) is 0 Å². The lowest BCUT2D eigenvalue weighted by Gasteiger charge is -2.41. The summed E-state index contributed by atoms with van der Waals surface area (Å²) in [6.07, 6.45) is 6.29. The zero-order valence-corrected chi connectivity index (χ0v) is 15.5. The average Bonchev–Trinajstić information content (AvgIpc) is 3.43. The molecule has 142 valence electrons. The van der Waals surface area contributed by atoms with Crippen LogP contribution in [0.2, 0.25) is 0 Å². The van der Waals surface area contributed by atoms with Crippen molar-refractivity contribution in [1.29, 1.82) is 0 Å². The van der Waals surface area contributed by atoms with Crippen molar-refractivity contribution < 1.29 is 14.3 Å². The molecule has 1 N–H and O–H groups in total. The van der Waals surface area contributed by atoms with E-state index in [4.69, 9.17) is 4.74 Å². The molecule has 2 amide bonds. The van der Waals surface area contributed by atoms with Gasteiger partial charge < -0.3 is 19.5 Å². The summed E-state index contributed by atoms with van der Waals surface area (Å²) >= 11 is 0. The molecule has 27 heavy (non-hydrogen) atoms. The quantitative estimate of drug-likeness (QED) is 0.855. The van der Waals surface area contributed by atoms with Gasteiger partial charge >= 0.3 is 0 Å². The molecule has 1 aliphatic heterocycles. The molecule has 1 saturated carbocycles. The number of rotatable bonds is 5. The third-order valence-corrected chi connectivity index (χ3v) is 4.99. The first-order valence-electron chi connectivity index (χ1n) is 9.12. The van der Waals surface area contributed by atoms with E-state index in [1.54, 1.807) is 30.5 Å². The number of likely N-dealkylation sites (N-methyl/N-ethyl adjacent to an activating group) is 1. The van der Waals surface area contributed by atoms with Gasteiger partial charge in [0.25, 0.3) is 5.91 Å². The number of ether oxygens (including phenoxy) is 1. The van der Waals surface area contributed by atoms with Crippen molar-refractivity contribution in [2.24, 2.45) is 0 Å². The van der Waals surface area contributed by atoms with Crippen LogP contribution in [0.4, 0.5) is 0 Å². The number of H-pyrrole nitrogens is 1. The number of hydrogen-bond donors (Lipinski definition) is 1. The Hall–Kier alpha value is -2.74. The Morgan fingerprint density at radius 2 is 2.22 bits per heavy atom. The van der Waals surface area contributed by atoms with Gasteiger partial charge in [0.05, 0.1) is 12.6 Å². The highest BCUT2D eigenvalue weighted by Crippen LogP contribution is 2.39. The summed E-state index contributed by atoms with van der Waals surface area (Å²) in [4.78, 5) is 40.7. The predicted molar refractivity (Wildman–Crippen MR) is 96.4 cm³/mol. The number of amides is 2. The summed E-state index contributed by atoms with van der Waals surface area (Å²) < 4.78 is 5.75. The highest BCUT2D eigenvalue weighted by molar-refractivity contribution is 5.86. The maximum Gasteiger partial charge on any atom is 0.254 e. The van der Waals surface area contributed by atoms with E-state index in [9.17, 15) is 9.59 Å². The number of morpholine rings is 1. The normalized spacial score (nSPS) is 22.7. The Morgan fingerprint density at radius 1 is 1.41 bits per heavy atom. The molecule has 0 unspecified atom stereocenters. The van der Waals surface area contributed by atoms with E-state index >= 15 is 0 Å². The fourth-order valence-electron chi connectivity index (χ4n) is 3.57. The third kappa shape index (κ3) is 3.57. The Labute approximate surface area is 157 Å². The molecule has 4 rings (SSSR count). The molecular weight excluding hydrogens is 346 g/mol. The summed E-state index contributed by atoms with van der Waals surface area (Å²) in [7, 11) is 1.72. The molecule has 0 radical (unpaired) electrons. The number of nitrogens with one attached hydrogen (secondary N) is 1. The molecule has 3 heterocycles. The number of hydrogen-bond acceptors (Lipinski definition) is 5. The van der Waals surface area contributed by atoms with E-state index in [0.29, 0.717) is 12.4 Å². The second-order valence-corrected chi connectivity index (χ2v) is 7.20. The van der Waals surface area contributed by atoms with E-state index < -0.39 is 12.1 Å². The minimum atomic E-state index is -0.756. The fourth-order valence-corrected chi connectivity index (χ4v) is 3.57. The van der Waals surface area contributed by atoms with Gasteiger partial charge in [-0.15, -0.1) is 0 Å². The highest BCUT2D eigenvalue weighted by atomic mass is 16.5. The van der Waals surface area contributed by atoms with Crippen molar-refractivity contribution in [3.63, 3.8) is 0 Å². The van der Waals surface area contributed by atoms with E-state index in [1.807, 2.05) is 24.0 Å². The van der Waals surface area contributed by atoms with Crippen LogP contribution in [-0.2, 0) is 20.9 Å². The lowest BCUT2D eigenvalue weighted by atomic mass is 9.98. The van der Waals surface area contributed by atoms with Crippen molar-refractivity contribution in [2.45, 2.75) is 44.5 Å². The molecule has 2 aromatic rings. The maximum absolute atomic E-state index is 13.2. The van der Waals surface area contributed by atoms with E-state index in [0.717, 1.165) is 24.1 Å². The van der Waals surface area contributed by atoms with Gasteiger partial charge in [-0.05, 0) is 31.4 Å². The number of imidazole rings is 1.